The van der Waals surface area contributed by atoms with Crippen molar-refractivity contribution in [2.45, 2.75) is 131 Å². The minimum absolute atomic E-state index is 0.0311. The van der Waals surface area contributed by atoms with E-state index in [4.69, 9.17) is 18.9 Å². The van der Waals surface area contributed by atoms with Crippen LogP contribution < -0.4 is 10.6 Å². The molecule has 0 aliphatic carbocycles. The number of carbonyl (C=O) groups excluding carboxylic acids is 2. The van der Waals surface area contributed by atoms with Gasteiger partial charge in [-0.15, -0.1) is 0 Å². The van der Waals surface area contributed by atoms with Gasteiger partial charge < -0.3 is 29.6 Å². The van der Waals surface area contributed by atoms with Gasteiger partial charge in [0.05, 0.1) is 12.2 Å². The van der Waals surface area contributed by atoms with E-state index in [1.807, 2.05) is 13.8 Å². The minimum Gasteiger partial charge on any atom is -0.430 e. The molecule has 2 aliphatic rings. The molecule has 2 saturated heterocycles. The zero-order chi connectivity index (χ0) is 28.2. The third-order valence-electron chi connectivity index (χ3n) is 7.04. The summed E-state index contributed by atoms with van der Waals surface area (Å²) in [5.74, 6) is 0.650. The summed E-state index contributed by atoms with van der Waals surface area (Å²) in [5, 5.41) is 5.74. The van der Waals surface area contributed by atoms with Crippen LogP contribution in [0.15, 0.2) is 0 Å². The van der Waals surface area contributed by atoms with E-state index >= 15 is 0 Å². The third-order valence-corrected chi connectivity index (χ3v) is 7.04. The predicted molar refractivity (Wildman–Crippen MR) is 147 cm³/mol. The minimum atomic E-state index is -0.383. The first-order valence-corrected chi connectivity index (χ1v) is 14.8. The Kier molecular flexibility index (Phi) is 14.1. The van der Waals surface area contributed by atoms with Gasteiger partial charge in [0.1, 0.15) is 12.5 Å². The van der Waals surface area contributed by atoms with Crippen molar-refractivity contribution in [2.24, 2.45) is 11.8 Å². The number of unbranched alkanes of at least 4 members (excludes halogenated alkanes) is 3. The molecule has 0 saturated carbocycles. The Bertz CT molecular complexity index is 651. The van der Waals surface area contributed by atoms with Gasteiger partial charge in [-0.3, -0.25) is 0 Å². The summed E-state index contributed by atoms with van der Waals surface area (Å²) in [6.45, 7) is 19.3. The molecule has 2 rings (SSSR count). The molecule has 2 amide bonds. The quantitative estimate of drug-likeness (QED) is 0.283. The molecule has 0 aromatic heterocycles. The van der Waals surface area contributed by atoms with Gasteiger partial charge in [-0.2, -0.15) is 0 Å². The van der Waals surface area contributed by atoms with Crippen LogP contribution in [0, 0.1) is 11.8 Å². The van der Waals surface area contributed by atoms with Gasteiger partial charge in [0, 0.05) is 26.2 Å². The molecule has 0 aromatic rings. The van der Waals surface area contributed by atoms with E-state index in [0.29, 0.717) is 37.8 Å². The summed E-state index contributed by atoms with van der Waals surface area (Å²) in [6, 6.07) is 0. The molecule has 38 heavy (non-hydrogen) atoms. The highest BCUT2D eigenvalue weighted by atomic mass is 16.6. The molecule has 6 unspecified atom stereocenters. The van der Waals surface area contributed by atoms with Crippen molar-refractivity contribution in [3.8, 4) is 0 Å². The molecule has 0 spiro atoms. The smallest absolute Gasteiger partial charge is 0.408 e. The maximum Gasteiger partial charge on any atom is 0.408 e. The molecule has 0 bridgehead atoms. The number of nitrogens with one attached hydrogen (secondary N) is 2. The zero-order valence-corrected chi connectivity index (χ0v) is 25.0. The van der Waals surface area contributed by atoms with E-state index in [1.54, 1.807) is 0 Å². The highest BCUT2D eigenvalue weighted by molar-refractivity contribution is 5.67. The van der Waals surface area contributed by atoms with Gasteiger partial charge in [-0.05, 0) is 51.4 Å². The number of rotatable bonds is 15. The number of hydrogen-bond acceptors (Lipinski definition) is 8. The number of hydrogen-bond donors (Lipinski definition) is 2. The van der Waals surface area contributed by atoms with Gasteiger partial charge in [-0.25, -0.2) is 19.4 Å². The second-order valence-corrected chi connectivity index (χ2v) is 11.4. The van der Waals surface area contributed by atoms with Crippen LogP contribution in [0.25, 0.3) is 0 Å². The Morgan fingerprint density at radius 2 is 1.11 bits per heavy atom. The van der Waals surface area contributed by atoms with E-state index in [0.717, 1.165) is 38.8 Å². The van der Waals surface area contributed by atoms with E-state index in [1.165, 1.54) is 0 Å². The van der Waals surface area contributed by atoms with Crippen molar-refractivity contribution >= 4 is 12.2 Å². The molecule has 10 heteroatoms. The molecule has 2 fully saturated rings. The lowest BCUT2D eigenvalue weighted by atomic mass is 10.1. The number of amides is 2. The molecule has 10 nitrogen and oxygen atoms in total. The number of alkyl carbamates (subject to hydrolysis) is 2. The Hall–Kier alpha value is -1.62. The first-order chi connectivity index (χ1) is 18.1. The topological polar surface area (TPSA) is 102 Å². The molecule has 222 valence electrons. The molecule has 6 atom stereocenters. The van der Waals surface area contributed by atoms with Crippen molar-refractivity contribution in [2.75, 3.05) is 26.2 Å². The van der Waals surface area contributed by atoms with Gasteiger partial charge in [0.15, 0.2) is 12.5 Å². The predicted octanol–water partition coefficient (Wildman–Crippen LogP) is 4.88. The average molecular weight is 543 g/mol. The van der Waals surface area contributed by atoms with Crippen molar-refractivity contribution in [1.29, 1.82) is 0 Å². The van der Waals surface area contributed by atoms with Gasteiger partial charge in [-0.1, -0.05) is 54.4 Å². The monoisotopic (exact) mass is 542 g/mol. The first kappa shape index (κ1) is 32.6. The molecular formula is C28H54N4O6. The highest BCUT2D eigenvalue weighted by Gasteiger charge is 2.39. The molecule has 0 aromatic carbocycles. The number of carbonyl (C=O) groups is 2. The van der Waals surface area contributed by atoms with Crippen molar-refractivity contribution in [3.63, 3.8) is 0 Å². The normalized spacial score (nSPS) is 26.1. The average Bonchev–Trinajstić information content (AvgIpc) is 3.45. The molecule has 2 aliphatic heterocycles. The summed E-state index contributed by atoms with van der Waals surface area (Å²) in [6.07, 6.45) is 3.91. The Labute approximate surface area is 230 Å². The lowest BCUT2D eigenvalue weighted by Crippen LogP contribution is -2.46. The largest absolute Gasteiger partial charge is 0.430 e. The number of nitrogens with zero attached hydrogens (tertiary/aromatic N) is 2. The summed E-state index contributed by atoms with van der Waals surface area (Å²) in [4.78, 5) is 29.0. The molecular weight excluding hydrogens is 488 g/mol. The summed E-state index contributed by atoms with van der Waals surface area (Å²) >= 11 is 0. The van der Waals surface area contributed by atoms with Crippen LogP contribution in [0.4, 0.5) is 9.59 Å². The van der Waals surface area contributed by atoms with Crippen molar-refractivity contribution in [3.05, 3.63) is 0 Å². The Balaban J connectivity index is 1.57. The SMILES string of the molecule is CCC(OC(=O)NCCCCCCNC(=O)OC(CC)N1CC(C)OC1C(C)C)N1CC(C)OC1C(C)C. The lowest BCUT2D eigenvalue weighted by molar-refractivity contribution is -0.0952. The lowest BCUT2D eigenvalue weighted by Gasteiger charge is -2.32. The van der Waals surface area contributed by atoms with Gasteiger partial charge in [0.25, 0.3) is 0 Å². The van der Waals surface area contributed by atoms with Crippen LogP contribution in [0.5, 0.6) is 0 Å². The van der Waals surface area contributed by atoms with Crippen LogP contribution in [0.3, 0.4) is 0 Å². The number of ether oxygens (including phenoxy) is 4. The van der Waals surface area contributed by atoms with Crippen molar-refractivity contribution in [1.82, 2.24) is 20.4 Å². The van der Waals surface area contributed by atoms with Crippen LogP contribution >= 0.6 is 0 Å². The van der Waals surface area contributed by atoms with E-state index in [9.17, 15) is 9.59 Å². The van der Waals surface area contributed by atoms with Gasteiger partial charge >= 0.3 is 12.2 Å². The first-order valence-electron chi connectivity index (χ1n) is 14.8. The second kappa shape index (κ2) is 16.5. The van der Waals surface area contributed by atoms with Gasteiger partial charge in [0.2, 0.25) is 0 Å². The summed E-state index contributed by atoms with van der Waals surface area (Å²) < 4.78 is 23.4. The Morgan fingerprint density at radius 1 is 0.737 bits per heavy atom. The maximum atomic E-state index is 12.3. The molecule has 2 heterocycles. The molecule has 2 N–H and O–H groups in total. The fourth-order valence-corrected chi connectivity index (χ4v) is 5.25. The van der Waals surface area contributed by atoms with Crippen LogP contribution in [0.2, 0.25) is 0 Å². The van der Waals surface area contributed by atoms with E-state index < -0.39 is 0 Å². The molecule has 0 radical (unpaired) electrons. The fraction of sp³-hybridized carbons (Fsp3) is 0.929. The fourth-order valence-electron chi connectivity index (χ4n) is 5.25. The third kappa shape index (κ3) is 10.2. The highest BCUT2D eigenvalue weighted by Crippen LogP contribution is 2.27. The van der Waals surface area contributed by atoms with Crippen LogP contribution in [0.1, 0.15) is 93.9 Å². The zero-order valence-electron chi connectivity index (χ0n) is 25.0. The van der Waals surface area contributed by atoms with E-state index in [-0.39, 0.29) is 49.3 Å². The standard InChI is InChI=1S/C28H54N4O6/c1-9-23(31-17-21(7)35-25(31)19(3)4)37-27(33)29-15-13-11-12-14-16-30-28(34)38-24(10-2)32-18-22(8)36-26(32)20(5)6/h19-26H,9-18H2,1-8H3,(H,29,33)(H,30,34). The summed E-state index contributed by atoms with van der Waals surface area (Å²) in [7, 11) is 0. The van der Waals surface area contributed by atoms with Crippen LogP contribution in [-0.2, 0) is 18.9 Å². The van der Waals surface area contributed by atoms with E-state index in [2.05, 4.69) is 62.0 Å². The summed E-state index contributed by atoms with van der Waals surface area (Å²) in [5.41, 5.74) is 0. The van der Waals surface area contributed by atoms with Crippen molar-refractivity contribution < 1.29 is 28.5 Å². The maximum absolute atomic E-state index is 12.3. The van der Waals surface area contributed by atoms with Crippen LogP contribution in [-0.4, -0.2) is 85.3 Å². The Morgan fingerprint density at radius 3 is 1.42 bits per heavy atom. The second-order valence-electron chi connectivity index (χ2n) is 11.4.